The lowest BCUT2D eigenvalue weighted by atomic mass is 10.0. The Hall–Kier alpha value is -2.54. The number of hydrogen-bond donors (Lipinski definition) is 3. The number of halogens is 2. The molecule has 1 aromatic heterocycles. The molecule has 4 rings (SSSR count). The van der Waals surface area contributed by atoms with Crippen LogP contribution in [0.15, 0.2) is 42.5 Å². The van der Waals surface area contributed by atoms with Gasteiger partial charge in [-0.25, -0.2) is 4.98 Å². The minimum absolute atomic E-state index is 0.160. The van der Waals surface area contributed by atoms with Crippen LogP contribution in [-0.4, -0.2) is 36.1 Å². The second-order valence-electron chi connectivity index (χ2n) is 8.33. The van der Waals surface area contributed by atoms with Crippen molar-refractivity contribution in [3.63, 3.8) is 0 Å². The third-order valence-electron chi connectivity index (χ3n) is 5.91. The highest BCUT2D eigenvalue weighted by Gasteiger charge is 2.23. The minimum atomic E-state index is -0.279. The fraction of sp³-hybridized carbons (Fsp3) is 0.360. The van der Waals surface area contributed by atoms with Crippen LogP contribution in [0.1, 0.15) is 31.7 Å². The summed E-state index contributed by atoms with van der Waals surface area (Å²) in [6.45, 7) is 5.18. The third kappa shape index (κ3) is 5.88. The van der Waals surface area contributed by atoms with Crippen molar-refractivity contribution in [2.24, 2.45) is 0 Å². The fourth-order valence-electron chi connectivity index (χ4n) is 4.21. The first-order valence-corrected chi connectivity index (χ1v) is 12.0. The molecular formula is C25H28Cl2N4O2. The number of carbonyl (C=O) groups is 1. The van der Waals surface area contributed by atoms with Crippen LogP contribution in [0.25, 0.3) is 10.9 Å². The highest BCUT2D eigenvalue weighted by Crippen LogP contribution is 2.28. The van der Waals surface area contributed by atoms with Crippen LogP contribution in [0.4, 0.5) is 11.5 Å². The molecule has 8 heteroatoms. The maximum Gasteiger partial charge on any atom is 0.262 e. The average Bonchev–Trinajstić information content (AvgIpc) is 3.32. The molecule has 0 saturated carbocycles. The second kappa shape index (κ2) is 10.6. The fourth-order valence-corrected chi connectivity index (χ4v) is 4.67. The number of pyridine rings is 1. The van der Waals surface area contributed by atoms with Crippen LogP contribution in [-0.2, 0) is 4.79 Å². The first kappa shape index (κ1) is 23.6. The molecule has 0 bridgehead atoms. The summed E-state index contributed by atoms with van der Waals surface area (Å²) in [7, 11) is 0. The predicted octanol–water partition coefficient (Wildman–Crippen LogP) is 5.81. The van der Waals surface area contributed by atoms with E-state index in [0.717, 1.165) is 35.2 Å². The monoisotopic (exact) mass is 486 g/mol. The molecule has 6 nitrogen and oxygen atoms in total. The molecule has 1 aliphatic rings. The summed E-state index contributed by atoms with van der Waals surface area (Å²) in [6.07, 6.45) is 3.44. The Morgan fingerprint density at radius 2 is 2.09 bits per heavy atom. The number of ether oxygens (including phenoxy) is 1. The summed E-state index contributed by atoms with van der Waals surface area (Å²) >= 11 is 12.0. The summed E-state index contributed by atoms with van der Waals surface area (Å²) in [6, 6.07) is 13.5. The van der Waals surface area contributed by atoms with Gasteiger partial charge in [0, 0.05) is 28.2 Å². The highest BCUT2D eigenvalue weighted by molar-refractivity contribution is 6.35. The first-order chi connectivity index (χ1) is 15.9. The van der Waals surface area contributed by atoms with Gasteiger partial charge in [-0.05, 0) is 80.8 Å². The topological polar surface area (TPSA) is 75.3 Å². The van der Waals surface area contributed by atoms with E-state index in [2.05, 4.69) is 35.9 Å². The Morgan fingerprint density at radius 1 is 1.24 bits per heavy atom. The molecule has 1 aliphatic heterocycles. The van der Waals surface area contributed by atoms with E-state index in [1.54, 1.807) is 18.2 Å². The summed E-state index contributed by atoms with van der Waals surface area (Å²) in [4.78, 5) is 17.2. The molecule has 1 amide bonds. The molecule has 0 radical (unpaired) electrons. The van der Waals surface area contributed by atoms with Crippen LogP contribution in [0.5, 0.6) is 5.75 Å². The van der Waals surface area contributed by atoms with Gasteiger partial charge in [-0.15, -0.1) is 0 Å². The van der Waals surface area contributed by atoms with Crippen molar-refractivity contribution < 1.29 is 9.53 Å². The van der Waals surface area contributed by atoms with Gasteiger partial charge < -0.3 is 20.7 Å². The molecule has 1 fully saturated rings. The quantitative estimate of drug-likeness (QED) is 0.374. The van der Waals surface area contributed by atoms with E-state index in [1.807, 2.05) is 18.2 Å². The van der Waals surface area contributed by atoms with Gasteiger partial charge in [0.1, 0.15) is 11.6 Å². The van der Waals surface area contributed by atoms with Crippen LogP contribution in [0, 0.1) is 6.92 Å². The van der Waals surface area contributed by atoms with Gasteiger partial charge in [-0.3, -0.25) is 4.79 Å². The van der Waals surface area contributed by atoms with Crippen LogP contribution < -0.4 is 20.7 Å². The maximum atomic E-state index is 12.4. The molecule has 3 N–H and O–H groups in total. The average molecular weight is 487 g/mol. The number of nitrogens with one attached hydrogen (secondary N) is 3. The zero-order valence-electron chi connectivity index (χ0n) is 18.8. The SMILES string of the molecule is CCC(Nc1cc(C)c2cc(NC(=O)COc3ccc(Cl)cc3Cl)ccc2n1)C1CCCN1. The number of aromatic nitrogens is 1. The lowest BCUT2D eigenvalue weighted by Crippen LogP contribution is -2.39. The smallest absolute Gasteiger partial charge is 0.262 e. The zero-order valence-corrected chi connectivity index (χ0v) is 20.3. The molecule has 33 heavy (non-hydrogen) atoms. The molecule has 174 valence electrons. The van der Waals surface area contributed by atoms with Crippen LogP contribution >= 0.6 is 23.2 Å². The Labute approximate surface area is 204 Å². The zero-order chi connectivity index (χ0) is 23.4. The largest absolute Gasteiger partial charge is 0.482 e. The van der Waals surface area contributed by atoms with Crippen molar-refractivity contribution >= 4 is 51.5 Å². The predicted molar refractivity (Wildman–Crippen MR) is 136 cm³/mol. The Morgan fingerprint density at radius 3 is 2.82 bits per heavy atom. The van der Waals surface area contributed by atoms with Gasteiger partial charge in [0.15, 0.2) is 6.61 Å². The van der Waals surface area contributed by atoms with Crippen molar-refractivity contribution in [1.29, 1.82) is 0 Å². The normalized spacial score (nSPS) is 16.5. The van der Waals surface area contributed by atoms with E-state index in [-0.39, 0.29) is 12.5 Å². The number of anilines is 2. The van der Waals surface area contributed by atoms with Gasteiger partial charge in [-0.1, -0.05) is 30.1 Å². The van der Waals surface area contributed by atoms with Crippen molar-refractivity contribution in [1.82, 2.24) is 10.3 Å². The Bertz CT molecular complexity index is 1150. The van der Waals surface area contributed by atoms with Gasteiger partial charge in [-0.2, -0.15) is 0 Å². The number of hydrogen-bond acceptors (Lipinski definition) is 5. The molecule has 2 atom stereocenters. The number of fused-ring (bicyclic) bond motifs is 1. The van der Waals surface area contributed by atoms with E-state index in [4.69, 9.17) is 32.9 Å². The number of carbonyl (C=O) groups excluding carboxylic acids is 1. The van der Waals surface area contributed by atoms with Crippen molar-refractivity contribution in [3.05, 3.63) is 58.1 Å². The lowest BCUT2D eigenvalue weighted by molar-refractivity contribution is -0.118. The standard InChI is InChI=1S/C25H28Cl2N4O2/c1-3-20(22-5-4-10-28-22)30-24-11-15(2)18-13-17(7-8-21(18)31-24)29-25(32)14-33-23-9-6-16(26)12-19(23)27/h6-9,11-13,20,22,28H,3-5,10,14H2,1-2H3,(H,29,32)(H,30,31). The Kier molecular flexibility index (Phi) is 7.58. The summed E-state index contributed by atoms with van der Waals surface area (Å²) < 4.78 is 5.51. The second-order valence-corrected chi connectivity index (χ2v) is 9.17. The number of rotatable bonds is 8. The molecular weight excluding hydrogens is 459 g/mol. The van der Waals surface area contributed by atoms with Crippen molar-refractivity contribution in [3.8, 4) is 5.75 Å². The highest BCUT2D eigenvalue weighted by atomic mass is 35.5. The summed E-state index contributed by atoms with van der Waals surface area (Å²) in [5, 5.41) is 11.9. The van der Waals surface area contributed by atoms with E-state index in [9.17, 15) is 4.79 Å². The number of benzene rings is 2. The molecule has 2 aromatic carbocycles. The molecule has 3 aromatic rings. The summed E-state index contributed by atoms with van der Waals surface area (Å²) in [5.41, 5.74) is 2.66. The van der Waals surface area contributed by atoms with E-state index >= 15 is 0 Å². The van der Waals surface area contributed by atoms with Crippen LogP contribution in [0.3, 0.4) is 0 Å². The van der Waals surface area contributed by atoms with Gasteiger partial charge in [0.2, 0.25) is 0 Å². The molecule has 0 aliphatic carbocycles. The van der Waals surface area contributed by atoms with Gasteiger partial charge in [0.25, 0.3) is 5.91 Å². The van der Waals surface area contributed by atoms with E-state index in [1.165, 1.54) is 12.8 Å². The molecule has 2 unspecified atom stereocenters. The minimum Gasteiger partial charge on any atom is -0.482 e. The number of amides is 1. The third-order valence-corrected chi connectivity index (χ3v) is 6.44. The molecule has 1 saturated heterocycles. The summed E-state index contributed by atoms with van der Waals surface area (Å²) in [5.74, 6) is 1.01. The van der Waals surface area contributed by atoms with Gasteiger partial charge >= 0.3 is 0 Å². The van der Waals surface area contributed by atoms with Crippen molar-refractivity contribution in [2.75, 3.05) is 23.8 Å². The molecule has 0 spiro atoms. The number of aryl methyl sites for hydroxylation is 1. The van der Waals surface area contributed by atoms with E-state index < -0.39 is 0 Å². The number of nitrogens with zero attached hydrogens (tertiary/aromatic N) is 1. The maximum absolute atomic E-state index is 12.4. The first-order valence-electron chi connectivity index (χ1n) is 11.2. The Balaban J connectivity index is 1.42. The van der Waals surface area contributed by atoms with E-state index in [0.29, 0.717) is 33.6 Å². The van der Waals surface area contributed by atoms with Crippen LogP contribution in [0.2, 0.25) is 10.0 Å². The lowest BCUT2D eigenvalue weighted by Gasteiger charge is -2.24. The molecule has 2 heterocycles. The van der Waals surface area contributed by atoms with Crippen molar-refractivity contribution in [2.45, 2.75) is 45.2 Å². The van der Waals surface area contributed by atoms with Gasteiger partial charge in [0.05, 0.1) is 10.5 Å².